The minimum Gasteiger partial charge on any atom is -0.388 e. The summed E-state index contributed by atoms with van der Waals surface area (Å²) in [4.78, 5) is 14.7. The molecule has 3 rings (SSSR count). The Kier molecular flexibility index (Phi) is 4.94. The molecule has 2 heterocycles. The molecule has 0 unspecified atom stereocenters. The lowest BCUT2D eigenvalue weighted by molar-refractivity contribution is 0.121. The van der Waals surface area contributed by atoms with Crippen LogP contribution in [0.4, 0.5) is 5.82 Å². The van der Waals surface area contributed by atoms with Gasteiger partial charge in [-0.15, -0.1) is 0 Å². The maximum Gasteiger partial charge on any atom is 0.174 e. The summed E-state index contributed by atoms with van der Waals surface area (Å²) in [5.41, 5.74) is 9.62. The lowest BCUT2D eigenvalue weighted by Crippen LogP contribution is -2.09. The molecule has 2 aromatic heterocycles. The van der Waals surface area contributed by atoms with Crippen molar-refractivity contribution in [3.8, 4) is 0 Å². The monoisotopic (exact) mass is 403 g/mol. The van der Waals surface area contributed by atoms with Crippen molar-refractivity contribution < 1.29 is 4.84 Å². The van der Waals surface area contributed by atoms with Crippen LogP contribution in [-0.4, -0.2) is 20.2 Å². The Morgan fingerprint density at radius 2 is 2.08 bits per heavy atom. The number of fused-ring (bicyclic) bond motifs is 3. The van der Waals surface area contributed by atoms with Crippen LogP contribution in [0.2, 0.25) is 0 Å². The molecule has 0 amide bonds. The van der Waals surface area contributed by atoms with Crippen molar-refractivity contribution in [3.63, 3.8) is 0 Å². The van der Waals surface area contributed by atoms with Crippen molar-refractivity contribution >= 4 is 49.4 Å². The summed E-state index contributed by atoms with van der Waals surface area (Å²) in [5, 5.41) is 5.05. The minimum atomic E-state index is 0.296. The highest BCUT2D eigenvalue weighted by Crippen LogP contribution is 2.31. The van der Waals surface area contributed by atoms with Crippen molar-refractivity contribution in [2.24, 2.45) is 11.1 Å². The molecule has 0 saturated heterocycles. The van der Waals surface area contributed by atoms with E-state index < -0.39 is 0 Å². The fourth-order valence-corrected chi connectivity index (χ4v) is 3.17. The highest BCUT2D eigenvalue weighted by molar-refractivity contribution is 9.10. The Morgan fingerprint density at radius 1 is 1.32 bits per heavy atom. The number of imidazole rings is 1. The Balaban J connectivity index is 2.24. The molecule has 1 aromatic carbocycles. The molecule has 0 aliphatic heterocycles. The standard InChI is InChI=1S/C18H22BrN5O/c1-10(2)8-24-15(9-25-23-11(3)4)22-16-17(24)13-6-5-12(19)7-14(13)21-18(16)20/h5-7,10H,8-9H2,1-4H3,(H2,20,21). The van der Waals surface area contributed by atoms with Crippen LogP contribution in [0.25, 0.3) is 21.9 Å². The first-order valence-corrected chi connectivity index (χ1v) is 9.03. The highest BCUT2D eigenvalue weighted by Gasteiger charge is 2.18. The van der Waals surface area contributed by atoms with Crippen LogP contribution in [0.15, 0.2) is 27.8 Å². The molecule has 0 atom stereocenters. The summed E-state index contributed by atoms with van der Waals surface area (Å²) in [6.45, 7) is 9.25. The van der Waals surface area contributed by atoms with E-state index in [0.717, 1.165) is 39.0 Å². The van der Waals surface area contributed by atoms with Crippen LogP contribution >= 0.6 is 15.9 Å². The fraction of sp³-hybridized carbons (Fsp3) is 0.389. The molecule has 2 N–H and O–H groups in total. The maximum atomic E-state index is 6.19. The zero-order valence-electron chi connectivity index (χ0n) is 14.9. The summed E-state index contributed by atoms with van der Waals surface area (Å²) in [6.07, 6.45) is 0. The number of oxime groups is 1. The van der Waals surface area contributed by atoms with E-state index in [2.05, 4.69) is 44.5 Å². The predicted octanol–water partition coefficient (Wildman–Crippen LogP) is 4.50. The van der Waals surface area contributed by atoms with Crippen molar-refractivity contribution in [1.29, 1.82) is 0 Å². The number of halogens is 1. The molecule has 0 radical (unpaired) electrons. The molecule has 0 aliphatic rings. The van der Waals surface area contributed by atoms with E-state index in [1.165, 1.54) is 0 Å². The normalized spacial score (nSPS) is 11.4. The van der Waals surface area contributed by atoms with Crippen molar-refractivity contribution in [2.75, 3.05) is 5.73 Å². The number of aromatic nitrogens is 3. The van der Waals surface area contributed by atoms with Crippen LogP contribution < -0.4 is 5.73 Å². The first-order valence-electron chi connectivity index (χ1n) is 8.23. The van der Waals surface area contributed by atoms with Crippen molar-refractivity contribution in [1.82, 2.24) is 14.5 Å². The van der Waals surface area contributed by atoms with E-state index in [0.29, 0.717) is 23.9 Å². The van der Waals surface area contributed by atoms with E-state index in [4.69, 9.17) is 15.6 Å². The minimum absolute atomic E-state index is 0.296. The number of rotatable bonds is 5. The number of nitrogen functional groups attached to an aromatic ring is 1. The van der Waals surface area contributed by atoms with Gasteiger partial charge >= 0.3 is 0 Å². The zero-order chi connectivity index (χ0) is 18.1. The third-order valence-electron chi connectivity index (χ3n) is 3.73. The van der Waals surface area contributed by atoms with Gasteiger partial charge in [0, 0.05) is 16.4 Å². The van der Waals surface area contributed by atoms with Crippen LogP contribution in [0, 0.1) is 5.92 Å². The molecule has 25 heavy (non-hydrogen) atoms. The molecular weight excluding hydrogens is 382 g/mol. The number of nitrogens with zero attached hydrogens (tertiary/aromatic N) is 4. The van der Waals surface area contributed by atoms with E-state index >= 15 is 0 Å². The smallest absolute Gasteiger partial charge is 0.174 e. The molecule has 6 nitrogen and oxygen atoms in total. The van der Waals surface area contributed by atoms with Gasteiger partial charge in [-0.25, -0.2) is 9.97 Å². The quantitative estimate of drug-likeness (QED) is 0.502. The Bertz CT molecular complexity index is 957. The van der Waals surface area contributed by atoms with Crippen LogP contribution in [0.5, 0.6) is 0 Å². The third kappa shape index (κ3) is 3.61. The summed E-state index contributed by atoms with van der Waals surface area (Å²) in [5.74, 6) is 1.68. The third-order valence-corrected chi connectivity index (χ3v) is 4.23. The lowest BCUT2D eigenvalue weighted by atomic mass is 10.1. The molecule has 3 aromatic rings. The van der Waals surface area contributed by atoms with Gasteiger partial charge in [-0.1, -0.05) is 34.9 Å². The molecule has 0 spiro atoms. The first-order chi connectivity index (χ1) is 11.9. The summed E-state index contributed by atoms with van der Waals surface area (Å²) in [7, 11) is 0. The van der Waals surface area contributed by atoms with E-state index in [1.807, 2.05) is 32.0 Å². The predicted molar refractivity (Wildman–Crippen MR) is 106 cm³/mol. The van der Waals surface area contributed by atoms with Gasteiger partial charge in [0.25, 0.3) is 0 Å². The molecule has 7 heteroatoms. The Labute approximate surface area is 155 Å². The fourth-order valence-electron chi connectivity index (χ4n) is 2.82. The van der Waals surface area contributed by atoms with Crippen molar-refractivity contribution in [3.05, 3.63) is 28.5 Å². The molecule has 132 valence electrons. The van der Waals surface area contributed by atoms with Gasteiger partial charge in [0.15, 0.2) is 18.2 Å². The van der Waals surface area contributed by atoms with Gasteiger partial charge < -0.3 is 15.1 Å². The molecular formula is C18H22BrN5O. The van der Waals surface area contributed by atoms with E-state index in [1.54, 1.807) is 0 Å². The van der Waals surface area contributed by atoms with Crippen LogP contribution in [0.1, 0.15) is 33.5 Å². The van der Waals surface area contributed by atoms with Gasteiger partial charge in [-0.2, -0.15) is 0 Å². The zero-order valence-corrected chi connectivity index (χ0v) is 16.5. The van der Waals surface area contributed by atoms with E-state index in [-0.39, 0.29) is 0 Å². The highest BCUT2D eigenvalue weighted by atomic mass is 79.9. The second-order valence-electron chi connectivity index (χ2n) is 6.70. The molecule has 0 aliphatic carbocycles. The van der Waals surface area contributed by atoms with Gasteiger partial charge in [-0.3, -0.25) is 0 Å². The number of hydrogen-bond acceptors (Lipinski definition) is 5. The average Bonchev–Trinajstić information content (AvgIpc) is 2.86. The lowest BCUT2D eigenvalue weighted by Gasteiger charge is -2.13. The summed E-state index contributed by atoms with van der Waals surface area (Å²) < 4.78 is 3.15. The van der Waals surface area contributed by atoms with Crippen molar-refractivity contribution in [2.45, 2.75) is 40.8 Å². The van der Waals surface area contributed by atoms with E-state index in [9.17, 15) is 0 Å². The summed E-state index contributed by atoms with van der Waals surface area (Å²) >= 11 is 3.49. The molecule has 0 bridgehead atoms. The van der Waals surface area contributed by atoms with Gasteiger partial charge in [-0.05, 0) is 38.0 Å². The first kappa shape index (κ1) is 17.7. The van der Waals surface area contributed by atoms with Crippen LogP contribution in [-0.2, 0) is 18.0 Å². The number of hydrogen-bond donors (Lipinski definition) is 1. The van der Waals surface area contributed by atoms with Gasteiger partial charge in [0.05, 0.1) is 16.7 Å². The second-order valence-corrected chi connectivity index (χ2v) is 7.62. The number of nitrogens with two attached hydrogens (primary N) is 1. The number of benzene rings is 1. The van der Waals surface area contributed by atoms with Crippen LogP contribution in [0.3, 0.4) is 0 Å². The van der Waals surface area contributed by atoms with Gasteiger partial charge in [0.1, 0.15) is 5.52 Å². The molecule has 0 saturated carbocycles. The average molecular weight is 404 g/mol. The van der Waals surface area contributed by atoms with Gasteiger partial charge in [0.2, 0.25) is 0 Å². The Morgan fingerprint density at radius 3 is 2.76 bits per heavy atom. The largest absolute Gasteiger partial charge is 0.388 e. The molecule has 0 fully saturated rings. The second kappa shape index (κ2) is 7.00. The number of pyridine rings is 1. The SMILES string of the molecule is CC(C)=NOCc1nc2c(N)nc3cc(Br)ccc3c2n1CC(C)C. The maximum absolute atomic E-state index is 6.19. The Hall–Kier alpha value is -2.15. The summed E-state index contributed by atoms with van der Waals surface area (Å²) in [6, 6.07) is 6.03. The number of anilines is 1. The topological polar surface area (TPSA) is 78.3 Å².